The third-order valence-corrected chi connectivity index (χ3v) is 10.7. The normalized spacial score (nSPS) is 15.1. The van der Waals surface area contributed by atoms with E-state index in [0.29, 0.717) is 0 Å². The first-order chi connectivity index (χ1) is 32.7. The summed E-state index contributed by atoms with van der Waals surface area (Å²) in [5.41, 5.74) is 32.3. The molecule has 0 aromatic heterocycles. The lowest BCUT2D eigenvalue weighted by molar-refractivity contribution is -0.146. The third-order valence-electron chi connectivity index (χ3n) is 9.23. The second kappa shape index (κ2) is 33.5. The van der Waals surface area contributed by atoms with Gasteiger partial charge in [-0.15, -0.1) is 0 Å². The van der Waals surface area contributed by atoms with E-state index in [4.69, 9.17) is 34.4 Å². The highest BCUT2D eigenvalue weighted by molar-refractivity contribution is 7.80. The van der Waals surface area contributed by atoms with Crippen LogP contribution in [0.25, 0.3) is 0 Å². The van der Waals surface area contributed by atoms with Gasteiger partial charge in [-0.3, -0.25) is 57.9 Å². The molecule has 0 aromatic rings. The van der Waals surface area contributed by atoms with Crippen LogP contribution in [0.1, 0.15) is 45.4 Å². The Labute approximate surface area is 423 Å². The molecular formula is C36H64N16O14S4. The van der Waals surface area contributed by atoms with Crippen molar-refractivity contribution in [3.05, 3.63) is 0 Å². The van der Waals surface area contributed by atoms with Crippen LogP contribution in [0.15, 0.2) is 9.98 Å². The molecule has 0 saturated carbocycles. The smallest absolute Gasteiger partial charge is 0.328 e. The van der Waals surface area contributed by atoms with Gasteiger partial charge in [-0.1, -0.05) is 0 Å². The average Bonchev–Trinajstić information content (AvgIpc) is 3.27. The summed E-state index contributed by atoms with van der Waals surface area (Å²) in [6.45, 7) is 0.903. The van der Waals surface area contributed by atoms with Crippen LogP contribution in [-0.4, -0.2) is 189 Å². The Hall–Kier alpha value is -5.97. The van der Waals surface area contributed by atoms with Crippen molar-refractivity contribution in [2.45, 2.75) is 106 Å². The molecule has 0 saturated heterocycles. The Bertz CT molecular complexity index is 1910. The van der Waals surface area contributed by atoms with Crippen LogP contribution < -0.4 is 76.9 Å². The van der Waals surface area contributed by atoms with Crippen molar-refractivity contribution >= 4 is 128 Å². The molecule has 0 aliphatic carbocycles. The van der Waals surface area contributed by atoms with Gasteiger partial charge in [-0.25, -0.2) is 4.79 Å². The van der Waals surface area contributed by atoms with E-state index >= 15 is 0 Å². The minimum atomic E-state index is -1.93. The fraction of sp³-hybridized carbons (Fsp3) is 0.639. The van der Waals surface area contributed by atoms with Gasteiger partial charge in [-0.05, 0) is 32.6 Å². The summed E-state index contributed by atoms with van der Waals surface area (Å²) in [5, 5.41) is 47.0. The highest BCUT2D eigenvalue weighted by Crippen LogP contribution is 2.08. The lowest BCUT2D eigenvalue weighted by atomic mass is 10.1. The molecule has 0 aliphatic rings. The van der Waals surface area contributed by atoms with Crippen molar-refractivity contribution < 1.29 is 68.1 Å². The second-order valence-electron chi connectivity index (χ2n) is 15.0. The van der Waals surface area contributed by atoms with Gasteiger partial charge in [0.05, 0.1) is 25.0 Å². The maximum atomic E-state index is 13.9. The van der Waals surface area contributed by atoms with Crippen LogP contribution in [-0.2, 0) is 52.7 Å². The van der Waals surface area contributed by atoms with Crippen molar-refractivity contribution in [3.63, 3.8) is 0 Å². The highest BCUT2D eigenvalue weighted by atomic mass is 32.1. The molecule has 0 rings (SSSR count). The molecule has 0 spiro atoms. The van der Waals surface area contributed by atoms with Crippen LogP contribution in [0.2, 0.25) is 0 Å². The Kier molecular flexibility index (Phi) is 30.7. The number of carbonyl (C=O) groups excluding carboxylic acids is 9. The monoisotopic (exact) mass is 1070 g/mol. The number of hydrogen-bond donors (Lipinski definition) is 21. The summed E-state index contributed by atoms with van der Waals surface area (Å²) in [7, 11) is 0. The maximum Gasteiger partial charge on any atom is 0.328 e. The van der Waals surface area contributed by atoms with E-state index in [2.05, 4.69) is 97.7 Å². The summed E-state index contributed by atoms with van der Waals surface area (Å²) in [6, 6.07) is -14.1. The number of carboxylic acid groups (broad SMARTS) is 2. The van der Waals surface area contributed by atoms with Crippen molar-refractivity contribution in [2.75, 3.05) is 36.1 Å². The van der Waals surface area contributed by atoms with E-state index in [1.54, 1.807) is 0 Å². The van der Waals surface area contributed by atoms with Gasteiger partial charge in [0.1, 0.15) is 42.3 Å². The number of aliphatic imine (C=N–C) groups is 2. The zero-order chi connectivity index (χ0) is 53.8. The number of amides is 9. The predicted molar refractivity (Wildman–Crippen MR) is 264 cm³/mol. The molecule has 30 nitrogen and oxygen atoms in total. The minimum absolute atomic E-state index is 0.00232. The van der Waals surface area contributed by atoms with E-state index < -0.39 is 144 Å². The first kappa shape index (κ1) is 64.0. The van der Waals surface area contributed by atoms with E-state index in [9.17, 15) is 68.1 Å². The van der Waals surface area contributed by atoms with E-state index in [-0.39, 0.29) is 68.0 Å². The number of aliphatic carboxylic acids is 2. The summed E-state index contributed by atoms with van der Waals surface area (Å²) >= 11 is 16.4. The first-order valence-corrected chi connectivity index (χ1v) is 23.4. The Morgan fingerprint density at radius 1 is 0.471 bits per heavy atom. The number of thiol groups is 4. The number of nitrogens with one attached hydrogen (secondary N) is 8. The van der Waals surface area contributed by atoms with Crippen molar-refractivity contribution in [3.8, 4) is 0 Å². The van der Waals surface area contributed by atoms with E-state index in [1.165, 1.54) is 0 Å². The number of carboxylic acids is 2. The highest BCUT2D eigenvalue weighted by Gasteiger charge is 2.35. The number of aliphatic hydroxyl groups is 1. The fourth-order valence-corrected chi connectivity index (χ4v) is 6.60. The lowest BCUT2D eigenvalue weighted by Gasteiger charge is -2.27. The number of nitrogens with zero attached hydrogens (tertiary/aromatic N) is 2. The van der Waals surface area contributed by atoms with E-state index in [0.717, 1.165) is 6.92 Å². The molecule has 0 fully saturated rings. The van der Waals surface area contributed by atoms with Crippen molar-refractivity contribution in [1.29, 1.82) is 0 Å². The number of aliphatic hydroxyl groups excluding tert-OH is 1. The zero-order valence-corrected chi connectivity index (χ0v) is 41.3. The predicted octanol–water partition coefficient (Wildman–Crippen LogP) is -9.17. The van der Waals surface area contributed by atoms with Gasteiger partial charge in [0.2, 0.25) is 53.2 Å². The maximum absolute atomic E-state index is 13.9. The molecular weight excluding hydrogens is 1010 g/mol. The zero-order valence-electron chi connectivity index (χ0n) is 37.7. The van der Waals surface area contributed by atoms with Crippen LogP contribution in [0.3, 0.4) is 0 Å². The molecule has 0 unspecified atom stereocenters. The van der Waals surface area contributed by atoms with Crippen LogP contribution in [0, 0.1) is 0 Å². The van der Waals surface area contributed by atoms with Gasteiger partial charge in [0.25, 0.3) is 0 Å². The van der Waals surface area contributed by atoms with Gasteiger partial charge < -0.3 is 92.3 Å². The first-order valence-electron chi connectivity index (χ1n) is 20.9. The van der Waals surface area contributed by atoms with Gasteiger partial charge in [0.15, 0.2) is 18.0 Å². The number of nitrogens with two attached hydrogens (primary N) is 6. The summed E-state index contributed by atoms with van der Waals surface area (Å²) in [4.78, 5) is 148. The number of carbonyl (C=O) groups is 11. The Balaban J connectivity index is 6.44. The molecule has 34 heteroatoms. The Morgan fingerprint density at radius 2 is 0.771 bits per heavy atom. The average molecular weight is 1070 g/mol. The summed E-state index contributed by atoms with van der Waals surface area (Å²) in [5.74, 6) is -14.4. The largest absolute Gasteiger partial charge is 0.481 e. The Morgan fingerprint density at radius 3 is 1.06 bits per heavy atom. The third kappa shape index (κ3) is 25.1. The molecule has 0 radical (unpaired) electrons. The lowest BCUT2D eigenvalue weighted by Crippen LogP contribution is -2.61. The van der Waals surface area contributed by atoms with Crippen LogP contribution >= 0.6 is 50.5 Å². The number of primary amides is 1. The molecule has 396 valence electrons. The quantitative estimate of drug-likeness (QED) is 0.0123. The van der Waals surface area contributed by atoms with Gasteiger partial charge in [0, 0.05) is 36.1 Å². The van der Waals surface area contributed by atoms with Crippen LogP contribution in [0.5, 0.6) is 0 Å². The molecule has 0 heterocycles. The van der Waals surface area contributed by atoms with Crippen molar-refractivity contribution in [2.24, 2.45) is 44.4 Å². The molecule has 0 bridgehead atoms. The molecule has 70 heavy (non-hydrogen) atoms. The van der Waals surface area contributed by atoms with Crippen LogP contribution in [0.4, 0.5) is 0 Å². The standard InChI is InChI=1S/C36H64N16O14S4/c1-14(53)25(34(65)66)52-29(60)18(9-24(55)56)47-28(59)17(5-3-7-44-36(41)42)45-27(58)16(4-2-6-43-35(39)40)46-30(61)20(11-68)49-32(63)22(13-70)51-33(64)21(12-69)50-31(62)19(10-67)48-26(57)15(37)8-23(38)54/h14-22,25,53,67-70H,2-13,37H2,1H3,(H2,38,54)(H,45,58)(H,46,61)(H,47,59)(H,48,57)(H,49,63)(H,50,62)(H,51,64)(H,52,60)(H,55,56)(H,65,66)(H4,39,40,43)(H4,41,42,44)/t14-,15+,16+,17+,18+,19+,20+,21+,22+,25+/m1/s1. The van der Waals surface area contributed by atoms with Gasteiger partial charge in [-0.2, -0.15) is 50.5 Å². The second-order valence-corrected chi connectivity index (χ2v) is 16.5. The molecule has 0 aromatic carbocycles. The van der Waals surface area contributed by atoms with E-state index in [1.807, 2.05) is 5.32 Å². The SMILES string of the molecule is C[C@@H](O)[C@H](NC(=O)[C@H](CC(=O)O)NC(=O)[C@H](CCCN=C(N)N)NC(=O)[C@H](CCCN=C(N)N)NC(=O)[C@H](CS)NC(=O)[C@H](CS)NC(=O)[C@H](CS)NC(=O)[C@H](CS)NC(=O)[C@@H](N)CC(N)=O)C(=O)O. The molecule has 10 atom stereocenters. The molecule has 9 amide bonds. The molecule has 0 aliphatic heterocycles. The molecule has 23 N–H and O–H groups in total. The van der Waals surface area contributed by atoms with Gasteiger partial charge >= 0.3 is 11.9 Å². The topological polar surface area (TPSA) is 526 Å². The summed E-state index contributed by atoms with van der Waals surface area (Å²) < 4.78 is 0. The minimum Gasteiger partial charge on any atom is -0.481 e. The fourth-order valence-electron chi connectivity index (χ4n) is 5.57. The summed E-state index contributed by atoms with van der Waals surface area (Å²) in [6.07, 6.45) is -3.68. The van der Waals surface area contributed by atoms with Crippen molar-refractivity contribution in [1.82, 2.24) is 42.5 Å². The number of rotatable bonds is 34. The number of hydrogen-bond acceptors (Lipinski definition) is 19. The number of guanidine groups is 2.